The van der Waals surface area contributed by atoms with Crippen molar-refractivity contribution < 1.29 is 23.9 Å². The highest BCUT2D eigenvalue weighted by atomic mass is 16.6. The molecule has 0 radical (unpaired) electrons. The number of carbonyl (C=O) groups is 3. The van der Waals surface area contributed by atoms with Gasteiger partial charge in [0.15, 0.2) is 0 Å². The van der Waals surface area contributed by atoms with Crippen molar-refractivity contribution in [3.8, 4) is 0 Å². The molecule has 0 bridgehead atoms. The highest BCUT2D eigenvalue weighted by Gasteiger charge is 2.35. The maximum Gasteiger partial charge on any atom is 0.407 e. The van der Waals surface area contributed by atoms with E-state index in [-0.39, 0.29) is 18.7 Å². The Kier molecular flexibility index (Phi) is 7.97. The molecule has 2 aliphatic heterocycles. The molecule has 0 aromatic heterocycles. The Labute approximate surface area is 194 Å². The van der Waals surface area contributed by atoms with E-state index in [1.807, 2.05) is 51.1 Å². The summed E-state index contributed by atoms with van der Waals surface area (Å²) in [4.78, 5) is 39.5. The lowest BCUT2D eigenvalue weighted by Gasteiger charge is -2.35. The molecule has 3 rings (SSSR count). The lowest BCUT2D eigenvalue weighted by Crippen LogP contribution is -2.50. The van der Waals surface area contributed by atoms with Crippen LogP contribution < -0.4 is 16.0 Å². The number of esters is 1. The summed E-state index contributed by atoms with van der Waals surface area (Å²) in [5, 5.41) is 8.59. The van der Waals surface area contributed by atoms with E-state index in [0.29, 0.717) is 30.9 Å². The molecule has 0 saturated carbocycles. The molecular formula is C24H34N4O5. The van der Waals surface area contributed by atoms with Gasteiger partial charge in [-0.2, -0.15) is 0 Å². The van der Waals surface area contributed by atoms with Gasteiger partial charge in [0.2, 0.25) is 0 Å². The molecule has 1 aromatic rings. The number of carbonyl (C=O) groups excluding carboxylic acids is 3. The number of hydrogen-bond donors (Lipinski definition) is 3. The van der Waals surface area contributed by atoms with E-state index >= 15 is 0 Å². The third kappa shape index (κ3) is 6.95. The van der Waals surface area contributed by atoms with Crippen molar-refractivity contribution in [3.05, 3.63) is 47.2 Å². The Balaban J connectivity index is 1.71. The number of ether oxygens (including phenoxy) is 2. The average Bonchev–Trinajstić information content (AvgIpc) is 2.74. The maximum absolute atomic E-state index is 12.9. The highest BCUT2D eigenvalue weighted by Crippen LogP contribution is 2.28. The predicted molar refractivity (Wildman–Crippen MR) is 123 cm³/mol. The summed E-state index contributed by atoms with van der Waals surface area (Å²) in [5.41, 5.74) is 1.23. The van der Waals surface area contributed by atoms with Gasteiger partial charge in [-0.25, -0.2) is 14.4 Å². The topological polar surface area (TPSA) is 109 Å². The zero-order valence-electron chi connectivity index (χ0n) is 19.8. The molecular weight excluding hydrogens is 424 g/mol. The summed E-state index contributed by atoms with van der Waals surface area (Å²) < 4.78 is 10.7. The second-order valence-corrected chi connectivity index (χ2v) is 9.25. The van der Waals surface area contributed by atoms with Gasteiger partial charge in [0.05, 0.1) is 18.2 Å². The Bertz CT molecular complexity index is 886. The van der Waals surface area contributed by atoms with Gasteiger partial charge >= 0.3 is 18.1 Å². The molecule has 3 amide bonds. The van der Waals surface area contributed by atoms with E-state index in [1.54, 1.807) is 6.92 Å². The number of likely N-dealkylation sites (tertiary alicyclic amines) is 1. The summed E-state index contributed by atoms with van der Waals surface area (Å²) in [6.45, 7) is 9.32. The van der Waals surface area contributed by atoms with E-state index in [1.165, 1.54) is 0 Å². The van der Waals surface area contributed by atoms with E-state index in [0.717, 1.165) is 18.4 Å². The Morgan fingerprint density at radius 2 is 1.82 bits per heavy atom. The molecule has 180 valence electrons. The summed E-state index contributed by atoms with van der Waals surface area (Å²) >= 11 is 0. The van der Waals surface area contributed by atoms with Crippen LogP contribution in [0.1, 0.15) is 52.1 Å². The van der Waals surface area contributed by atoms with Gasteiger partial charge in [-0.05, 0) is 46.1 Å². The number of alkyl carbamates (subject to hydrolysis) is 1. The highest BCUT2D eigenvalue weighted by molar-refractivity contribution is 5.95. The first-order valence-corrected chi connectivity index (χ1v) is 11.4. The van der Waals surface area contributed by atoms with Crippen LogP contribution in [0.5, 0.6) is 0 Å². The van der Waals surface area contributed by atoms with Crippen molar-refractivity contribution in [2.75, 3.05) is 26.2 Å². The first kappa shape index (κ1) is 24.6. The number of urea groups is 1. The van der Waals surface area contributed by atoms with Gasteiger partial charge in [-0.15, -0.1) is 0 Å². The van der Waals surface area contributed by atoms with Crippen LogP contribution in [0.2, 0.25) is 0 Å². The van der Waals surface area contributed by atoms with Crippen molar-refractivity contribution in [2.24, 2.45) is 0 Å². The molecule has 33 heavy (non-hydrogen) atoms. The lowest BCUT2D eigenvalue weighted by atomic mass is 9.94. The van der Waals surface area contributed by atoms with Crippen LogP contribution in [-0.4, -0.2) is 60.9 Å². The van der Waals surface area contributed by atoms with Crippen LogP contribution in [0.15, 0.2) is 41.6 Å². The molecule has 0 spiro atoms. The van der Waals surface area contributed by atoms with Gasteiger partial charge < -0.3 is 25.4 Å². The third-order valence-corrected chi connectivity index (χ3v) is 5.47. The van der Waals surface area contributed by atoms with E-state index < -0.39 is 23.7 Å². The second kappa shape index (κ2) is 10.7. The molecule has 1 fully saturated rings. The van der Waals surface area contributed by atoms with E-state index in [2.05, 4.69) is 20.9 Å². The van der Waals surface area contributed by atoms with Gasteiger partial charge in [0.1, 0.15) is 5.60 Å². The van der Waals surface area contributed by atoms with Crippen LogP contribution in [0.3, 0.4) is 0 Å². The minimum atomic E-state index is -0.583. The SMILES string of the molecule is CCOC(=O)C1=C(CN2CCC(NC(=O)OC(C)(C)C)CC2)NC(=O)NC1c1ccccc1. The number of amides is 3. The van der Waals surface area contributed by atoms with Crippen molar-refractivity contribution in [1.82, 2.24) is 20.9 Å². The van der Waals surface area contributed by atoms with Crippen LogP contribution in [0, 0.1) is 0 Å². The van der Waals surface area contributed by atoms with Gasteiger partial charge in [0, 0.05) is 31.4 Å². The zero-order chi connectivity index (χ0) is 24.0. The number of rotatable bonds is 6. The molecule has 2 aliphatic rings. The van der Waals surface area contributed by atoms with E-state index in [4.69, 9.17) is 9.47 Å². The zero-order valence-corrected chi connectivity index (χ0v) is 19.8. The molecule has 0 aliphatic carbocycles. The lowest BCUT2D eigenvalue weighted by molar-refractivity contribution is -0.139. The molecule has 1 saturated heterocycles. The average molecular weight is 459 g/mol. The van der Waals surface area contributed by atoms with Crippen molar-refractivity contribution in [2.45, 2.75) is 58.2 Å². The van der Waals surface area contributed by atoms with Crippen molar-refractivity contribution in [1.29, 1.82) is 0 Å². The number of hydrogen-bond acceptors (Lipinski definition) is 6. The summed E-state index contributed by atoms with van der Waals surface area (Å²) in [6.07, 6.45) is 1.08. The maximum atomic E-state index is 12.9. The molecule has 9 heteroatoms. The minimum absolute atomic E-state index is 0.0225. The Morgan fingerprint density at radius 1 is 1.15 bits per heavy atom. The molecule has 3 N–H and O–H groups in total. The standard InChI is InChI=1S/C24H34N4O5/c1-5-32-21(29)19-18(26-22(30)27-20(19)16-9-7-6-8-10-16)15-28-13-11-17(12-14-28)25-23(31)33-24(2,3)4/h6-10,17,20H,5,11-15H2,1-4H3,(H,25,31)(H2,26,27,30). The smallest absolute Gasteiger partial charge is 0.407 e. The fourth-order valence-electron chi connectivity index (χ4n) is 4.02. The normalized spacial score (nSPS) is 20.0. The van der Waals surface area contributed by atoms with E-state index in [9.17, 15) is 14.4 Å². The fraction of sp³-hybridized carbons (Fsp3) is 0.542. The Morgan fingerprint density at radius 3 is 2.42 bits per heavy atom. The molecule has 1 atom stereocenters. The molecule has 1 aromatic carbocycles. The number of piperidine rings is 1. The first-order chi connectivity index (χ1) is 15.7. The van der Waals surface area contributed by atoms with Crippen LogP contribution >= 0.6 is 0 Å². The first-order valence-electron chi connectivity index (χ1n) is 11.4. The van der Waals surface area contributed by atoms with Gasteiger partial charge in [0.25, 0.3) is 0 Å². The number of benzene rings is 1. The molecule has 1 unspecified atom stereocenters. The van der Waals surface area contributed by atoms with Crippen LogP contribution in [-0.2, 0) is 14.3 Å². The molecule has 9 nitrogen and oxygen atoms in total. The predicted octanol–water partition coefficient (Wildman–Crippen LogP) is 2.85. The summed E-state index contributed by atoms with van der Waals surface area (Å²) in [6, 6.07) is 8.46. The summed E-state index contributed by atoms with van der Waals surface area (Å²) in [5.74, 6) is -0.449. The van der Waals surface area contributed by atoms with Gasteiger partial charge in [-0.1, -0.05) is 30.3 Å². The monoisotopic (exact) mass is 458 g/mol. The number of nitrogens with one attached hydrogen (secondary N) is 3. The fourth-order valence-corrected chi connectivity index (χ4v) is 4.02. The van der Waals surface area contributed by atoms with Crippen LogP contribution in [0.4, 0.5) is 9.59 Å². The largest absolute Gasteiger partial charge is 0.463 e. The minimum Gasteiger partial charge on any atom is -0.463 e. The molecule has 2 heterocycles. The van der Waals surface area contributed by atoms with Crippen molar-refractivity contribution in [3.63, 3.8) is 0 Å². The third-order valence-electron chi connectivity index (χ3n) is 5.47. The quantitative estimate of drug-likeness (QED) is 0.566. The van der Waals surface area contributed by atoms with Crippen LogP contribution in [0.25, 0.3) is 0 Å². The second-order valence-electron chi connectivity index (χ2n) is 9.25. The van der Waals surface area contributed by atoms with Crippen molar-refractivity contribution >= 4 is 18.1 Å². The summed E-state index contributed by atoms with van der Waals surface area (Å²) in [7, 11) is 0. The number of nitrogens with zero attached hydrogens (tertiary/aromatic N) is 1. The Hall–Kier alpha value is -3.07. The van der Waals surface area contributed by atoms with Gasteiger partial charge in [-0.3, -0.25) is 4.90 Å².